The van der Waals surface area contributed by atoms with E-state index in [1.54, 1.807) is 13.0 Å². The molecule has 0 spiro atoms. The van der Waals surface area contributed by atoms with Gasteiger partial charge >= 0.3 is 7.12 Å². The molecule has 1 rings (SSSR count). The summed E-state index contributed by atoms with van der Waals surface area (Å²) in [7, 11) is -1.73. The molecule has 2 N–H and O–H groups in total. The van der Waals surface area contributed by atoms with Crippen LogP contribution in [0.1, 0.15) is 5.56 Å². The number of hydrogen-bond donors (Lipinski definition) is 2. The Morgan fingerprint density at radius 2 is 2.00 bits per heavy atom. The van der Waals surface area contributed by atoms with Gasteiger partial charge in [-0.2, -0.15) is 0 Å². The standard InChI is InChI=1S/C7H8BFO2/c1-5-3-2-4-6(9)7(5)8(10)11/h2-4,10-11H,1H3. The van der Waals surface area contributed by atoms with Gasteiger partial charge < -0.3 is 10.0 Å². The molecule has 0 aliphatic rings. The van der Waals surface area contributed by atoms with Gasteiger partial charge in [0.05, 0.1) is 0 Å². The summed E-state index contributed by atoms with van der Waals surface area (Å²) in [6.45, 7) is 1.62. The quantitative estimate of drug-likeness (QED) is 0.550. The van der Waals surface area contributed by atoms with Gasteiger partial charge in [-0.25, -0.2) is 4.39 Å². The van der Waals surface area contributed by atoms with Gasteiger partial charge in [0.15, 0.2) is 0 Å². The second-order valence-electron chi connectivity index (χ2n) is 2.34. The van der Waals surface area contributed by atoms with Crippen molar-refractivity contribution in [2.45, 2.75) is 6.92 Å². The SMILES string of the molecule is Cc1cccc(F)c1B(O)O. The van der Waals surface area contributed by atoms with E-state index in [0.29, 0.717) is 5.56 Å². The molecule has 0 amide bonds. The second kappa shape index (κ2) is 3.03. The van der Waals surface area contributed by atoms with Crippen molar-refractivity contribution >= 4 is 12.6 Å². The molecule has 11 heavy (non-hydrogen) atoms. The van der Waals surface area contributed by atoms with Crippen LogP contribution < -0.4 is 5.46 Å². The van der Waals surface area contributed by atoms with Crippen LogP contribution in [0.25, 0.3) is 0 Å². The van der Waals surface area contributed by atoms with Gasteiger partial charge in [-0.1, -0.05) is 12.1 Å². The smallest absolute Gasteiger partial charge is 0.423 e. The number of benzene rings is 1. The van der Waals surface area contributed by atoms with Crippen molar-refractivity contribution in [1.29, 1.82) is 0 Å². The van der Waals surface area contributed by atoms with Crippen LogP contribution >= 0.6 is 0 Å². The van der Waals surface area contributed by atoms with E-state index in [1.807, 2.05) is 0 Å². The van der Waals surface area contributed by atoms with Crippen LogP contribution in [-0.4, -0.2) is 17.2 Å². The zero-order valence-electron chi connectivity index (χ0n) is 6.08. The normalized spacial score (nSPS) is 9.82. The Hall–Kier alpha value is -0.865. The number of rotatable bonds is 1. The van der Waals surface area contributed by atoms with Crippen LogP contribution in [0, 0.1) is 12.7 Å². The van der Waals surface area contributed by atoms with Gasteiger partial charge in [-0.05, 0) is 18.6 Å². The largest absolute Gasteiger partial charge is 0.491 e. The lowest BCUT2D eigenvalue weighted by Crippen LogP contribution is -2.34. The van der Waals surface area contributed by atoms with Crippen molar-refractivity contribution in [3.05, 3.63) is 29.6 Å². The molecular weight excluding hydrogens is 146 g/mol. The van der Waals surface area contributed by atoms with E-state index in [-0.39, 0.29) is 5.46 Å². The van der Waals surface area contributed by atoms with Crippen molar-refractivity contribution in [1.82, 2.24) is 0 Å². The first-order chi connectivity index (χ1) is 5.13. The summed E-state index contributed by atoms with van der Waals surface area (Å²) in [6, 6.07) is 4.34. The molecule has 1 aromatic carbocycles. The maximum atomic E-state index is 12.8. The Labute approximate surface area is 64.4 Å². The summed E-state index contributed by atoms with van der Waals surface area (Å²) in [6.07, 6.45) is 0. The Kier molecular flexibility index (Phi) is 2.26. The van der Waals surface area contributed by atoms with Gasteiger partial charge in [-0.3, -0.25) is 0 Å². The van der Waals surface area contributed by atoms with E-state index >= 15 is 0 Å². The Morgan fingerprint density at radius 1 is 1.36 bits per heavy atom. The molecule has 1 aromatic rings. The fraction of sp³-hybridized carbons (Fsp3) is 0.143. The van der Waals surface area contributed by atoms with Gasteiger partial charge in [-0.15, -0.1) is 0 Å². The lowest BCUT2D eigenvalue weighted by atomic mass is 9.77. The Morgan fingerprint density at radius 3 is 2.36 bits per heavy atom. The summed E-state index contributed by atoms with van der Waals surface area (Å²) in [5.74, 6) is -0.583. The molecule has 58 valence electrons. The van der Waals surface area contributed by atoms with E-state index in [0.717, 1.165) is 0 Å². The average Bonchev–Trinajstić information content (AvgIpc) is 1.85. The summed E-state index contributed by atoms with van der Waals surface area (Å²) in [5.41, 5.74) is 0.493. The maximum Gasteiger partial charge on any atom is 0.491 e. The third kappa shape index (κ3) is 1.58. The van der Waals surface area contributed by atoms with E-state index in [2.05, 4.69) is 0 Å². The summed E-state index contributed by atoms with van der Waals surface area (Å²) in [5, 5.41) is 17.4. The fourth-order valence-electron chi connectivity index (χ4n) is 0.972. The number of hydrogen-bond acceptors (Lipinski definition) is 2. The lowest BCUT2D eigenvalue weighted by Gasteiger charge is -2.04. The van der Waals surface area contributed by atoms with Gasteiger partial charge in [0, 0.05) is 5.46 Å². The molecule has 0 aromatic heterocycles. The van der Waals surface area contributed by atoms with E-state index in [4.69, 9.17) is 10.0 Å². The monoisotopic (exact) mass is 154 g/mol. The van der Waals surface area contributed by atoms with E-state index < -0.39 is 12.9 Å². The van der Waals surface area contributed by atoms with Crippen LogP contribution in [0.15, 0.2) is 18.2 Å². The highest BCUT2D eigenvalue weighted by Crippen LogP contribution is 1.99. The minimum atomic E-state index is -1.73. The molecule has 0 atom stereocenters. The van der Waals surface area contributed by atoms with Crippen LogP contribution in [0.4, 0.5) is 4.39 Å². The zero-order valence-corrected chi connectivity index (χ0v) is 6.08. The minimum absolute atomic E-state index is 0.0486. The molecule has 4 heteroatoms. The molecule has 0 saturated carbocycles. The zero-order chi connectivity index (χ0) is 8.43. The topological polar surface area (TPSA) is 40.5 Å². The molecule has 0 saturated heterocycles. The van der Waals surface area contributed by atoms with Crippen LogP contribution in [-0.2, 0) is 0 Å². The van der Waals surface area contributed by atoms with Crippen LogP contribution in [0.5, 0.6) is 0 Å². The van der Waals surface area contributed by atoms with E-state index in [1.165, 1.54) is 12.1 Å². The molecule has 0 aliphatic carbocycles. The van der Waals surface area contributed by atoms with Gasteiger partial charge in [0.2, 0.25) is 0 Å². The van der Waals surface area contributed by atoms with Gasteiger partial charge in [0.25, 0.3) is 0 Å². The third-order valence-electron chi connectivity index (χ3n) is 1.53. The van der Waals surface area contributed by atoms with E-state index in [9.17, 15) is 4.39 Å². The predicted molar refractivity (Wildman–Crippen MR) is 41.0 cm³/mol. The van der Waals surface area contributed by atoms with Crippen LogP contribution in [0.2, 0.25) is 0 Å². The summed E-state index contributed by atoms with van der Waals surface area (Å²) < 4.78 is 12.8. The predicted octanol–water partition coefficient (Wildman–Crippen LogP) is -0.186. The molecule has 0 heterocycles. The van der Waals surface area contributed by atoms with Crippen molar-refractivity contribution in [2.24, 2.45) is 0 Å². The summed E-state index contributed by atoms with van der Waals surface area (Å²) in [4.78, 5) is 0. The average molecular weight is 154 g/mol. The third-order valence-corrected chi connectivity index (χ3v) is 1.53. The highest BCUT2D eigenvalue weighted by atomic mass is 19.1. The van der Waals surface area contributed by atoms with Gasteiger partial charge in [0.1, 0.15) is 5.82 Å². The minimum Gasteiger partial charge on any atom is -0.423 e. The highest BCUT2D eigenvalue weighted by molar-refractivity contribution is 6.59. The lowest BCUT2D eigenvalue weighted by molar-refractivity contribution is 0.422. The first kappa shape index (κ1) is 8.23. The highest BCUT2D eigenvalue weighted by Gasteiger charge is 2.17. The first-order valence-electron chi connectivity index (χ1n) is 3.24. The second-order valence-corrected chi connectivity index (χ2v) is 2.34. The molecular formula is C7H8BFO2. The Bertz CT molecular complexity index is 242. The molecule has 0 bridgehead atoms. The molecule has 2 nitrogen and oxygen atoms in total. The van der Waals surface area contributed by atoms with Crippen LogP contribution in [0.3, 0.4) is 0 Å². The van der Waals surface area contributed by atoms with Crippen molar-refractivity contribution in [3.63, 3.8) is 0 Å². The Balaban J connectivity index is 3.21. The maximum absolute atomic E-state index is 12.8. The molecule has 0 unspecified atom stereocenters. The van der Waals surface area contributed by atoms with Crippen molar-refractivity contribution < 1.29 is 14.4 Å². The number of halogens is 1. The molecule has 0 fully saturated rings. The summed E-state index contributed by atoms with van der Waals surface area (Å²) >= 11 is 0. The van der Waals surface area contributed by atoms with Crippen molar-refractivity contribution in [3.8, 4) is 0 Å². The molecule has 0 radical (unpaired) electrons. The van der Waals surface area contributed by atoms with Crippen molar-refractivity contribution in [2.75, 3.05) is 0 Å². The number of aryl methyl sites for hydroxylation is 1. The first-order valence-corrected chi connectivity index (χ1v) is 3.24. The fourth-order valence-corrected chi connectivity index (χ4v) is 0.972. The molecule has 0 aliphatic heterocycles.